The van der Waals surface area contributed by atoms with Crippen LogP contribution >= 0.6 is 0 Å². The Kier molecular flexibility index (Phi) is 4.34. The molecule has 6 nitrogen and oxygen atoms in total. The van der Waals surface area contributed by atoms with Crippen molar-refractivity contribution in [3.05, 3.63) is 35.5 Å². The molecular formula is C23H33N3O3. The number of fused-ring (bicyclic) bond motifs is 1. The normalized spacial score (nSPS) is 27.6. The van der Waals surface area contributed by atoms with E-state index in [2.05, 4.69) is 57.1 Å². The van der Waals surface area contributed by atoms with E-state index >= 15 is 0 Å². The second kappa shape index (κ2) is 6.22. The Morgan fingerprint density at radius 2 is 1.72 bits per heavy atom. The van der Waals surface area contributed by atoms with Gasteiger partial charge in [-0.3, -0.25) is 4.90 Å². The summed E-state index contributed by atoms with van der Waals surface area (Å²) < 4.78 is 5.97. The molecule has 4 rings (SSSR count). The predicted octanol–water partition coefficient (Wildman–Crippen LogP) is 3.86. The molecule has 2 aliphatic heterocycles. The fraction of sp³-hybridized carbons (Fsp3) is 0.609. The molecule has 2 aromatic rings. The van der Waals surface area contributed by atoms with Crippen molar-refractivity contribution in [3.8, 4) is 0 Å². The van der Waals surface area contributed by atoms with Crippen LogP contribution < -0.4 is 5.32 Å². The summed E-state index contributed by atoms with van der Waals surface area (Å²) in [5, 5.41) is 16.4. The molecule has 6 heteroatoms. The molecule has 3 heterocycles. The van der Waals surface area contributed by atoms with Gasteiger partial charge in [0.05, 0.1) is 0 Å². The Hall–Kier alpha value is -2.05. The Morgan fingerprint density at radius 1 is 1.10 bits per heavy atom. The van der Waals surface area contributed by atoms with Gasteiger partial charge in [0.15, 0.2) is 11.3 Å². The number of carbonyl (C=O) groups is 1. The molecule has 0 bridgehead atoms. The molecular weight excluding hydrogens is 366 g/mol. The monoisotopic (exact) mass is 399 g/mol. The first-order chi connectivity index (χ1) is 13.4. The molecule has 0 unspecified atom stereocenters. The van der Waals surface area contributed by atoms with Crippen molar-refractivity contribution in [1.29, 1.82) is 0 Å². The summed E-state index contributed by atoms with van der Waals surface area (Å²) in [4.78, 5) is 17.8. The number of piperidine rings is 1. The summed E-state index contributed by atoms with van der Waals surface area (Å²) in [5.41, 5.74) is 0.547. The lowest BCUT2D eigenvalue weighted by atomic mass is 9.68. The highest BCUT2D eigenvalue weighted by molar-refractivity contribution is 5.84. The largest absolute Gasteiger partial charge is 0.437 e. The lowest BCUT2D eigenvalue weighted by Crippen LogP contribution is -2.70. The molecule has 158 valence electrons. The van der Waals surface area contributed by atoms with Crippen LogP contribution in [0.3, 0.4) is 0 Å². The van der Waals surface area contributed by atoms with Crippen molar-refractivity contribution in [2.24, 2.45) is 0 Å². The number of rotatable bonds is 3. The number of H-pyrrole nitrogens is 1. The molecule has 1 atom stereocenters. The molecule has 2 aliphatic rings. The van der Waals surface area contributed by atoms with Crippen LogP contribution in [0, 0.1) is 6.92 Å². The third-order valence-electron chi connectivity index (χ3n) is 6.64. The minimum absolute atomic E-state index is 0.255. The first-order valence-electron chi connectivity index (χ1n) is 10.4. The van der Waals surface area contributed by atoms with E-state index in [4.69, 9.17) is 4.74 Å². The van der Waals surface area contributed by atoms with Gasteiger partial charge < -0.3 is 20.1 Å². The Bertz CT molecular complexity index is 941. The van der Waals surface area contributed by atoms with Gasteiger partial charge in [-0.15, -0.1) is 0 Å². The van der Waals surface area contributed by atoms with E-state index in [1.807, 2.05) is 12.1 Å². The molecule has 0 radical (unpaired) electrons. The summed E-state index contributed by atoms with van der Waals surface area (Å²) in [7, 11) is 0. The van der Waals surface area contributed by atoms with Crippen LogP contribution in [-0.2, 0) is 11.2 Å². The van der Waals surface area contributed by atoms with Crippen molar-refractivity contribution in [2.45, 2.75) is 83.2 Å². The van der Waals surface area contributed by atoms with Crippen molar-refractivity contribution in [2.75, 3.05) is 6.54 Å². The molecule has 2 saturated heterocycles. The number of nitrogens with zero attached hydrogens (tertiary/aromatic N) is 1. The van der Waals surface area contributed by atoms with Gasteiger partial charge in [-0.05, 0) is 59.6 Å². The highest BCUT2D eigenvalue weighted by atomic mass is 16.6. The zero-order chi connectivity index (χ0) is 21.2. The highest BCUT2D eigenvalue weighted by Crippen LogP contribution is 2.50. The van der Waals surface area contributed by atoms with E-state index in [1.54, 1.807) is 6.92 Å². The van der Waals surface area contributed by atoms with Crippen LogP contribution in [0.15, 0.2) is 24.3 Å². The van der Waals surface area contributed by atoms with E-state index in [0.29, 0.717) is 25.8 Å². The molecule has 3 N–H and O–H groups in total. The summed E-state index contributed by atoms with van der Waals surface area (Å²) in [5.74, 6) is 0. The molecule has 0 saturated carbocycles. The van der Waals surface area contributed by atoms with Crippen molar-refractivity contribution in [3.63, 3.8) is 0 Å². The number of benzene rings is 1. The Morgan fingerprint density at radius 3 is 2.38 bits per heavy atom. The minimum atomic E-state index is -1.37. The third kappa shape index (κ3) is 3.22. The van der Waals surface area contributed by atoms with Gasteiger partial charge >= 0.3 is 6.09 Å². The number of para-hydroxylation sites is 1. The molecule has 29 heavy (non-hydrogen) atoms. The quantitative estimate of drug-likeness (QED) is 0.732. The fourth-order valence-electron chi connectivity index (χ4n) is 5.83. The van der Waals surface area contributed by atoms with Crippen molar-refractivity contribution >= 4 is 17.0 Å². The number of hydrogen-bond donors (Lipinski definition) is 3. The van der Waals surface area contributed by atoms with E-state index in [1.165, 1.54) is 10.5 Å². The van der Waals surface area contributed by atoms with Crippen LogP contribution in [0.5, 0.6) is 0 Å². The van der Waals surface area contributed by atoms with Crippen LogP contribution in [0.25, 0.3) is 10.9 Å². The zero-order valence-corrected chi connectivity index (χ0v) is 18.3. The summed E-state index contributed by atoms with van der Waals surface area (Å²) in [6.07, 6.45) is 1.35. The maximum absolute atomic E-state index is 12.9. The average Bonchev–Trinajstić information content (AvgIpc) is 2.94. The fourth-order valence-corrected chi connectivity index (χ4v) is 5.83. The van der Waals surface area contributed by atoms with Gasteiger partial charge in [-0.25, -0.2) is 4.79 Å². The number of ether oxygens (including phenoxy) is 1. The number of hydrogen-bond acceptors (Lipinski definition) is 4. The lowest BCUT2D eigenvalue weighted by Gasteiger charge is -2.54. The van der Waals surface area contributed by atoms with Gasteiger partial charge in [0.1, 0.15) is 0 Å². The molecule has 2 fully saturated rings. The van der Waals surface area contributed by atoms with Gasteiger partial charge in [0, 0.05) is 47.1 Å². The third-order valence-corrected chi connectivity index (χ3v) is 6.64. The topological polar surface area (TPSA) is 77.6 Å². The van der Waals surface area contributed by atoms with E-state index in [9.17, 15) is 9.90 Å². The zero-order valence-electron chi connectivity index (χ0n) is 18.3. The molecule has 1 aromatic carbocycles. The van der Waals surface area contributed by atoms with Crippen molar-refractivity contribution < 1.29 is 14.6 Å². The number of aromatic nitrogens is 1. The van der Waals surface area contributed by atoms with Crippen molar-refractivity contribution in [1.82, 2.24) is 15.2 Å². The summed E-state index contributed by atoms with van der Waals surface area (Å²) in [6.45, 7) is 12.6. The predicted molar refractivity (Wildman–Crippen MR) is 114 cm³/mol. The van der Waals surface area contributed by atoms with Crippen LogP contribution in [-0.4, -0.2) is 50.0 Å². The number of aromatic amines is 1. The van der Waals surface area contributed by atoms with Gasteiger partial charge in [-0.2, -0.15) is 0 Å². The van der Waals surface area contributed by atoms with Crippen LogP contribution in [0.4, 0.5) is 4.79 Å². The number of aliphatic hydroxyl groups is 1. The first kappa shape index (κ1) is 20.2. The van der Waals surface area contributed by atoms with Gasteiger partial charge in [0.25, 0.3) is 0 Å². The average molecular weight is 400 g/mol. The Balaban J connectivity index is 1.62. The molecule has 1 amide bonds. The second-order valence-electron chi connectivity index (χ2n) is 10.3. The Labute approximate surface area is 172 Å². The standard InChI is InChI=1S/C23H33N3O3/c1-15-16(17-9-7-8-10-18(17)24-15)11-12-26-19(27)29-23(22(26,6)28)13-20(2,3)25-21(4,5)14-23/h7-10,24-25,28H,11-14H2,1-6H3/t22-/m1/s1. The smallest absolute Gasteiger partial charge is 0.412 e. The van der Waals surface area contributed by atoms with Crippen LogP contribution in [0.2, 0.25) is 0 Å². The minimum Gasteiger partial charge on any atom is -0.437 e. The van der Waals surface area contributed by atoms with E-state index < -0.39 is 17.4 Å². The lowest BCUT2D eigenvalue weighted by molar-refractivity contribution is -0.180. The summed E-state index contributed by atoms with van der Waals surface area (Å²) in [6, 6.07) is 8.18. The molecule has 0 aliphatic carbocycles. The van der Waals surface area contributed by atoms with E-state index in [-0.39, 0.29) is 11.1 Å². The molecule has 1 spiro atoms. The van der Waals surface area contributed by atoms with Crippen LogP contribution in [0.1, 0.15) is 58.7 Å². The first-order valence-corrected chi connectivity index (χ1v) is 10.4. The molecule has 1 aromatic heterocycles. The van der Waals surface area contributed by atoms with Gasteiger partial charge in [-0.1, -0.05) is 18.2 Å². The van der Waals surface area contributed by atoms with Gasteiger partial charge in [0.2, 0.25) is 0 Å². The number of aryl methyl sites for hydroxylation is 1. The second-order valence-corrected chi connectivity index (χ2v) is 10.3. The number of nitrogens with one attached hydrogen (secondary N) is 2. The number of amides is 1. The highest BCUT2D eigenvalue weighted by Gasteiger charge is 2.66. The maximum atomic E-state index is 12.9. The maximum Gasteiger partial charge on any atom is 0.412 e. The summed E-state index contributed by atoms with van der Waals surface area (Å²) >= 11 is 0. The SMILES string of the molecule is Cc1[nH]c2ccccc2c1CCN1C(=O)OC2(CC(C)(C)NC(C)(C)C2)[C@@]1(C)O. The van der Waals surface area contributed by atoms with E-state index in [0.717, 1.165) is 16.6 Å². The number of carbonyl (C=O) groups excluding carboxylic acids is 1.